The van der Waals surface area contributed by atoms with Crippen LogP contribution in [0.2, 0.25) is 0 Å². The Labute approximate surface area is 165 Å². The van der Waals surface area contributed by atoms with Gasteiger partial charge in [0.05, 0.1) is 23.2 Å². The van der Waals surface area contributed by atoms with Crippen LogP contribution in [-0.2, 0) is 10.9 Å². The van der Waals surface area contributed by atoms with Crippen LogP contribution >= 0.6 is 0 Å². The van der Waals surface area contributed by atoms with Gasteiger partial charge in [-0.2, -0.15) is 23.4 Å². The molecule has 0 amide bonds. The number of halogens is 3. The van der Waals surface area contributed by atoms with Crippen LogP contribution < -0.4 is 10.2 Å². The van der Waals surface area contributed by atoms with Gasteiger partial charge in [-0.3, -0.25) is 0 Å². The second-order valence-electron chi connectivity index (χ2n) is 7.15. The number of nitriles is 1. The summed E-state index contributed by atoms with van der Waals surface area (Å²) >= 11 is 0. The first-order valence-electron chi connectivity index (χ1n) is 9.34. The first kappa shape index (κ1) is 19.4. The first-order valence-corrected chi connectivity index (χ1v) is 9.34. The van der Waals surface area contributed by atoms with Crippen molar-refractivity contribution in [3.8, 4) is 6.07 Å². The highest BCUT2D eigenvalue weighted by Gasteiger charge is 2.32. The molecule has 0 saturated carbocycles. The van der Waals surface area contributed by atoms with Crippen LogP contribution in [0.15, 0.2) is 24.4 Å². The zero-order chi connectivity index (χ0) is 20.4. The highest BCUT2D eigenvalue weighted by molar-refractivity contribution is 5.56. The average molecular weight is 404 g/mol. The smallest absolute Gasteiger partial charge is 0.381 e. The zero-order valence-corrected chi connectivity index (χ0v) is 15.5. The van der Waals surface area contributed by atoms with Crippen LogP contribution in [0.4, 0.5) is 30.8 Å². The normalized spacial score (nSPS) is 18.2. The van der Waals surface area contributed by atoms with E-state index in [1.165, 1.54) is 0 Å². The van der Waals surface area contributed by atoms with E-state index in [1.54, 1.807) is 6.07 Å². The zero-order valence-electron chi connectivity index (χ0n) is 15.5. The van der Waals surface area contributed by atoms with Crippen LogP contribution in [0.5, 0.6) is 0 Å². The van der Waals surface area contributed by atoms with Crippen molar-refractivity contribution >= 4 is 17.6 Å². The monoisotopic (exact) mass is 404 g/mol. The number of pyridine rings is 1. The van der Waals surface area contributed by atoms with Crippen LogP contribution in [0.3, 0.4) is 0 Å². The Morgan fingerprint density at radius 1 is 1.14 bits per heavy atom. The fraction of sp³-hybridized carbons (Fsp3) is 0.474. The van der Waals surface area contributed by atoms with Crippen molar-refractivity contribution in [2.75, 3.05) is 36.5 Å². The van der Waals surface area contributed by atoms with Crippen LogP contribution in [-0.4, -0.2) is 41.3 Å². The van der Waals surface area contributed by atoms with Gasteiger partial charge in [0, 0.05) is 44.5 Å². The van der Waals surface area contributed by atoms with E-state index in [1.807, 2.05) is 4.90 Å². The number of nitrogens with zero attached hydrogens (tertiary/aromatic N) is 5. The summed E-state index contributed by atoms with van der Waals surface area (Å²) in [5.74, 6) is 1.03. The summed E-state index contributed by atoms with van der Waals surface area (Å²) in [6, 6.07) is 5.83. The Balaban J connectivity index is 1.62. The van der Waals surface area contributed by atoms with E-state index in [0.717, 1.165) is 36.9 Å². The summed E-state index contributed by atoms with van der Waals surface area (Å²) in [5.41, 5.74) is 0.0294. The molecule has 0 radical (unpaired) electrons. The minimum Gasteiger partial charge on any atom is -0.381 e. The third kappa shape index (κ3) is 4.40. The fourth-order valence-electron chi connectivity index (χ4n) is 3.39. The second-order valence-corrected chi connectivity index (χ2v) is 7.15. The summed E-state index contributed by atoms with van der Waals surface area (Å²) in [5, 5.41) is 11.9. The Kier molecular flexibility index (Phi) is 5.24. The van der Waals surface area contributed by atoms with Crippen molar-refractivity contribution in [2.24, 2.45) is 5.92 Å². The Morgan fingerprint density at radius 3 is 2.59 bits per heavy atom. The summed E-state index contributed by atoms with van der Waals surface area (Å²) in [6.45, 7) is 2.36. The molecule has 2 aliphatic rings. The van der Waals surface area contributed by atoms with Gasteiger partial charge in [-0.15, -0.1) is 0 Å². The number of alkyl halides is 3. The molecule has 0 aliphatic carbocycles. The molecule has 10 heteroatoms. The van der Waals surface area contributed by atoms with Gasteiger partial charge >= 0.3 is 6.18 Å². The van der Waals surface area contributed by atoms with Gasteiger partial charge in [0.2, 0.25) is 5.95 Å². The van der Waals surface area contributed by atoms with Crippen LogP contribution in [0.25, 0.3) is 0 Å². The number of ether oxygens (including phenoxy) is 1. The minimum absolute atomic E-state index is 0.0564. The number of rotatable bonds is 4. The van der Waals surface area contributed by atoms with Gasteiger partial charge in [-0.05, 0) is 25.0 Å². The number of nitrogens with one attached hydrogen (secondary N) is 1. The lowest BCUT2D eigenvalue weighted by atomic mass is 9.96. The maximum Gasteiger partial charge on any atom is 0.416 e. The lowest BCUT2D eigenvalue weighted by molar-refractivity contribution is -0.137. The van der Waals surface area contributed by atoms with Crippen molar-refractivity contribution < 1.29 is 17.9 Å². The van der Waals surface area contributed by atoms with Crippen molar-refractivity contribution in [3.05, 3.63) is 35.7 Å². The van der Waals surface area contributed by atoms with Gasteiger partial charge in [0.15, 0.2) is 0 Å². The van der Waals surface area contributed by atoms with Crippen molar-refractivity contribution in [2.45, 2.75) is 24.9 Å². The summed E-state index contributed by atoms with van der Waals surface area (Å²) in [7, 11) is 0. The van der Waals surface area contributed by atoms with Gasteiger partial charge in [0.25, 0.3) is 0 Å². The summed E-state index contributed by atoms with van der Waals surface area (Å²) in [4.78, 5) is 15.0. The molecule has 0 bridgehead atoms. The quantitative estimate of drug-likeness (QED) is 0.835. The molecule has 2 aromatic heterocycles. The number of hydrogen-bond acceptors (Lipinski definition) is 7. The van der Waals surface area contributed by atoms with Crippen molar-refractivity contribution in [1.82, 2.24) is 15.0 Å². The molecule has 0 atom stereocenters. The Morgan fingerprint density at radius 2 is 1.90 bits per heavy atom. The average Bonchev–Trinajstić information content (AvgIpc) is 2.67. The van der Waals surface area contributed by atoms with E-state index >= 15 is 0 Å². The number of hydrogen-bond donors (Lipinski definition) is 1. The van der Waals surface area contributed by atoms with E-state index in [2.05, 4.69) is 26.3 Å². The predicted molar refractivity (Wildman–Crippen MR) is 98.7 cm³/mol. The third-order valence-electron chi connectivity index (χ3n) is 5.06. The van der Waals surface area contributed by atoms with Gasteiger partial charge in [-0.25, -0.2) is 9.97 Å². The number of aromatic nitrogens is 3. The van der Waals surface area contributed by atoms with Crippen LogP contribution in [0.1, 0.15) is 30.0 Å². The SMILES string of the molecule is N#CC1CN(c2nc(Nc3cc(C(F)(F)F)ccn3)cc(C3CCOCC3)n2)C1. The lowest BCUT2D eigenvalue weighted by Crippen LogP contribution is -2.47. The molecular weight excluding hydrogens is 385 g/mol. The van der Waals surface area contributed by atoms with E-state index in [0.29, 0.717) is 38.1 Å². The van der Waals surface area contributed by atoms with Gasteiger partial charge in [0.1, 0.15) is 11.6 Å². The molecule has 4 heterocycles. The Hall–Kier alpha value is -2.93. The molecule has 2 saturated heterocycles. The molecule has 152 valence electrons. The molecule has 0 spiro atoms. The molecule has 0 aromatic carbocycles. The molecule has 29 heavy (non-hydrogen) atoms. The highest BCUT2D eigenvalue weighted by Crippen LogP contribution is 2.32. The standard InChI is InChI=1S/C19H19F3N6O/c20-19(21,22)14-1-4-24-16(7-14)26-17-8-15(13-2-5-29-6-3-13)25-18(27-17)28-10-12(9-23)11-28/h1,4,7-8,12-13H,2-3,5-6,10-11H2,(H,24,25,26,27). The van der Waals surface area contributed by atoms with Gasteiger partial charge < -0.3 is 15.0 Å². The highest BCUT2D eigenvalue weighted by atomic mass is 19.4. The molecule has 1 N–H and O–H groups in total. The lowest BCUT2D eigenvalue weighted by Gasteiger charge is -2.36. The maximum atomic E-state index is 13.0. The van der Waals surface area contributed by atoms with Crippen molar-refractivity contribution in [1.29, 1.82) is 5.26 Å². The largest absolute Gasteiger partial charge is 0.416 e. The van der Waals surface area contributed by atoms with E-state index < -0.39 is 11.7 Å². The van der Waals surface area contributed by atoms with Crippen molar-refractivity contribution in [3.63, 3.8) is 0 Å². The number of anilines is 3. The van der Waals surface area contributed by atoms with E-state index in [-0.39, 0.29) is 17.7 Å². The molecule has 2 aliphatic heterocycles. The third-order valence-corrected chi connectivity index (χ3v) is 5.06. The molecule has 2 fully saturated rings. The topological polar surface area (TPSA) is 87.0 Å². The van der Waals surface area contributed by atoms with Crippen LogP contribution in [0, 0.1) is 17.2 Å². The van der Waals surface area contributed by atoms with E-state index in [4.69, 9.17) is 10.00 Å². The maximum absolute atomic E-state index is 13.0. The van der Waals surface area contributed by atoms with Gasteiger partial charge in [-0.1, -0.05) is 0 Å². The minimum atomic E-state index is -4.45. The Bertz CT molecular complexity index is 917. The second kappa shape index (κ2) is 7.83. The summed E-state index contributed by atoms with van der Waals surface area (Å²) in [6.07, 6.45) is -1.70. The first-order chi connectivity index (χ1) is 13.9. The molecule has 4 rings (SSSR count). The molecule has 2 aromatic rings. The predicted octanol–water partition coefficient (Wildman–Crippen LogP) is 3.49. The summed E-state index contributed by atoms with van der Waals surface area (Å²) < 4.78 is 44.4. The molecular formula is C19H19F3N6O. The van der Waals surface area contributed by atoms with E-state index in [9.17, 15) is 13.2 Å². The fourth-order valence-corrected chi connectivity index (χ4v) is 3.39. The molecule has 0 unspecified atom stereocenters. The molecule has 7 nitrogen and oxygen atoms in total.